The predicted molar refractivity (Wildman–Crippen MR) is 49.6 cm³/mol. The van der Waals surface area contributed by atoms with Crippen LogP contribution in [0.15, 0.2) is 12.7 Å². The number of esters is 1. The van der Waals surface area contributed by atoms with Gasteiger partial charge in [-0.05, 0) is 6.42 Å². The van der Waals surface area contributed by atoms with Gasteiger partial charge in [0.1, 0.15) is 12.7 Å². The van der Waals surface area contributed by atoms with Crippen LogP contribution in [-0.2, 0) is 4.79 Å². The molecule has 0 radical (unpaired) electrons. The van der Waals surface area contributed by atoms with Crippen LogP contribution in [0, 0.1) is 0 Å². The van der Waals surface area contributed by atoms with Gasteiger partial charge in [-0.2, -0.15) is 9.97 Å². The quantitative estimate of drug-likeness (QED) is 0.524. The molecule has 0 aliphatic heterocycles. The van der Waals surface area contributed by atoms with Crippen molar-refractivity contribution < 1.29 is 9.53 Å². The van der Waals surface area contributed by atoms with Gasteiger partial charge in [-0.15, -0.1) is 0 Å². The first-order chi connectivity index (χ1) is 6.83. The predicted octanol–water partition coefficient (Wildman–Crippen LogP) is 1.36. The van der Waals surface area contributed by atoms with Gasteiger partial charge in [-0.3, -0.25) is 4.79 Å². The Labute approximate surface area is 82.6 Å². The minimum atomic E-state index is -0.287. The molecule has 0 aromatic carbocycles. The van der Waals surface area contributed by atoms with Crippen LogP contribution in [0.2, 0.25) is 0 Å². The van der Waals surface area contributed by atoms with E-state index in [1.807, 2.05) is 0 Å². The first-order valence-corrected chi connectivity index (χ1v) is 4.65. The van der Waals surface area contributed by atoms with Crippen LogP contribution in [-0.4, -0.2) is 20.9 Å². The van der Waals surface area contributed by atoms with Crippen molar-refractivity contribution >= 4 is 5.97 Å². The molecule has 0 bridgehead atoms. The zero-order valence-electron chi connectivity index (χ0n) is 8.14. The lowest BCUT2D eigenvalue weighted by Crippen LogP contribution is -2.09. The van der Waals surface area contributed by atoms with E-state index in [0.717, 1.165) is 19.3 Å². The summed E-state index contributed by atoms with van der Waals surface area (Å²) in [5, 5.41) is 0. The molecule has 0 amide bonds. The average Bonchev–Trinajstić information content (AvgIpc) is 2.20. The number of nitrogens with zero attached hydrogens (tertiary/aromatic N) is 3. The fraction of sp³-hybridized carbons (Fsp3) is 0.556. The summed E-state index contributed by atoms with van der Waals surface area (Å²) in [7, 11) is 0. The second kappa shape index (κ2) is 6.01. The summed E-state index contributed by atoms with van der Waals surface area (Å²) in [6.45, 7) is 2.08. The number of hydrogen-bond acceptors (Lipinski definition) is 5. The van der Waals surface area contributed by atoms with Crippen molar-refractivity contribution in [1.82, 2.24) is 15.0 Å². The van der Waals surface area contributed by atoms with Gasteiger partial charge in [0.2, 0.25) is 0 Å². The summed E-state index contributed by atoms with van der Waals surface area (Å²) in [6, 6.07) is 0.0708. The monoisotopic (exact) mass is 195 g/mol. The number of ether oxygens (including phenoxy) is 1. The second-order valence-electron chi connectivity index (χ2n) is 2.85. The molecule has 0 aliphatic carbocycles. The van der Waals surface area contributed by atoms with E-state index in [4.69, 9.17) is 4.74 Å². The summed E-state index contributed by atoms with van der Waals surface area (Å²) in [5.41, 5.74) is 0. The third-order valence-corrected chi connectivity index (χ3v) is 1.66. The van der Waals surface area contributed by atoms with Crippen molar-refractivity contribution in [2.45, 2.75) is 32.6 Å². The summed E-state index contributed by atoms with van der Waals surface area (Å²) in [6.07, 6.45) is 5.97. The lowest BCUT2D eigenvalue weighted by Gasteiger charge is -2.00. The summed E-state index contributed by atoms with van der Waals surface area (Å²) >= 11 is 0. The maximum Gasteiger partial charge on any atom is 0.327 e. The Morgan fingerprint density at radius 2 is 2.07 bits per heavy atom. The maximum absolute atomic E-state index is 11.2. The average molecular weight is 195 g/mol. The highest BCUT2D eigenvalue weighted by atomic mass is 16.5. The lowest BCUT2D eigenvalue weighted by atomic mass is 10.2. The van der Waals surface area contributed by atoms with Crippen LogP contribution in [0.5, 0.6) is 6.01 Å². The summed E-state index contributed by atoms with van der Waals surface area (Å²) < 4.78 is 4.86. The molecule has 0 unspecified atom stereocenters. The molecule has 0 saturated carbocycles. The van der Waals surface area contributed by atoms with Crippen LogP contribution in [0.3, 0.4) is 0 Å². The van der Waals surface area contributed by atoms with Gasteiger partial charge in [0, 0.05) is 6.42 Å². The summed E-state index contributed by atoms with van der Waals surface area (Å²) in [4.78, 5) is 22.1. The molecule has 1 aromatic rings. The van der Waals surface area contributed by atoms with Crippen molar-refractivity contribution in [3.8, 4) is 6.01 Å². The molecule has 0 N–H and O–H groups in total. The molecule has 14 heavy (non-hydrogen) atoms. The normalized spacial score (nSPS) is 9.79. The van der Waals surface area contributed by atoms with E-state index in [1.165, 1.54) is 12.7 Å². The van der Waals surface area contributed by atoms with E-state index in [2.05, 4.69) is 21.9 Å². The highest BCUT2D eigenvalue weighted by molar-refractivity contribution is 5.71. The standard InChI is InChI=1S/C9H13N3O2/c1-2-3-4-5-8(13)14-9-11-6-10-7-12-9/h6-7H,2-5H2,1H3. The maximum atomic E-state index is 11.2. The molecule has 0 saturated heterocycles. The number of aromatic nitrogens is 3. The lowest BCUT2D eigenvalue weighted by molar-refractivity contribution is -0.135. The second-order valence-corrected chi connectivity index (χ2v) is 2.85. The Morgan fingerprint density at radius 3 is 2.71 bits per heavy atom. The molecule has 5 nitrogen and oxygen atoms in total. The minimum Gasteiger partial charge on any atom is -0.391 e. The molecule has 0 aliphatic rings. The zero-order valence-corrected chi connectivity index (χ0v) is 8.14. The Kier molecular flexibility index (Phi) is 4.54. The van der Waals surface area contributed by atoms with Gasteiger partial charge in [-0.25, -0.2) is 4.98 Å². The van der Waals surface area contributed by atoms with E-state index in [0.29, 0.717) is 6.42 Å². The molecule has 5 heteroatoms. The molecule has 0 spiro atoms. The van der Waals surface area contributed by atoms with Gasteiger partial charge in [0.25, 0.3) is 0 Å². The number of carbonyl (C=O) groups is 1. The third kappa shape index (κ3) is 3.93. The minimum absolute atomic E-state index is 0.0708. The number of rotatable bonds is 5. The highest BCUT2D eigenvalue weighted by Gasteiger charge is 2.05. The zero-order chi connectivity index (χ0) is 10.2. The molecule has 1 rings (SSSR count). The van der Waals surface area contributed by atoms with Crippen molar-refractivity contribution in [3.05, 3.63) is 12.7 Å². The number of unbranched alkanes of at least 4 members (excludes halogenated alkanes) is 2. The summed E-state index contributed by atoms with van der Waals surface area (Å²) in [5.74, 6) is -0.287. The third-order valence-electron chi connectivity index (χ3n) is 1.66. The van der Waals surface area contributed by atoms with Crippen LogP contribution in [0.1, 0.15) is 32.6 Å². The number of hydrogen-bond donors (Lipinski definition) is 0. The fourth-order valence-electron chi connectivity index (χ4n) is 0.953. The first-order valence-electron chi connectivity index (χ1n) is 4.65. The van der Waals surface area contributed by atoms with Crippen LogP contribution >= 0.6 is 0 Å². The molecule has 1 heterocycles. The topological polar surface area (TPSA) is 65.0 Å². The molecule has 0 atom stereocenters. The van der Waals surface area contributed by atoms with Gasteiger partial charge in [-0.1, -0.05) is 19.8 Å². The van der Waals surface area contributed by atoms with Crippen LogP contribution in [0.25, 0.3) is 0 Å². The van der Waals surface area contributed by atoms with E-state index >= 15 is 0 Å². The molecular formula is C9H13N3O2. The Morgan fingerprint density at radius 1 is 1.36 bits per heavy atom. The Balaban J connectivity index is 2.27. The smallest absolute Gasteiger partial charge is 0.327 e. The Hall–Kier alpha value is -1.52. The SMILES string of the molecule is CCCCCC(=O)Oc1ncncn1. The molecule has 1 aromatic heterocycles. The van der Waals surface area contributed by atoms with Crippen molar-refractivity contribution in [2.75, 3.05) is 0 Å². The van der Waals surface area contributed by atoms with E-state index in [9.17, 15) is 4.79 Å². The van der Waals surface area contributed by atoms with Gasteiger partial charge in [0.15, 0.2) is 0 Å². The van der Waals surface area contributed by atoms with Crippen molar-refractivity contribution in [1.29, 1.82) is 0 Å². The van der Waals surface area contributed by atoms with Gasteiger partial charge >= 0.3 is 12.0 Å². The van der Waals surface area contributed by atoms with E-state index in [1.54, 1.807) is 0 Å². The van der Waals surface area contributed by atoms with Crippen LogP contribution in [0.4, 0.5) is 0 Å². The number of carbonyl (C=O) groups excluding carboxylic acids is 1. The van der Waals surface area contributed by atoms with E-state index < -0.39 is 0 Å². The largest absolute Gasteiger partial charge is 0.391 e. The van der Waals surface area contributed by atoms with Crippen molar-refractivity contribution in [3.63, 3.8) is 0 Å². The highest BCUT2D eigenvalue weighted by Crippen LogP contribution is 2.03. The van der Waals surface area contributed by atoms with Crippen LogP contribution < -0.4 is 4.74 Å². The van der Waals surface area contributed by atoms with Gasteiger partial charge < -0.3 is 4.74 Å². The van der Waals surface area contributed by atoms with Crippen molar-refractivity contribution in [2.24, 2.45) is 0 Å². The molecule has 76 valence electrons. The Bertz CT molecular complexity index is 277. The first kappa shape index (κ1) is 10.6. The molecule has 0 fully saturated rings. The molecular weight excluding hydrogens is 182 g/mol. The van der Waals surface area contributed by atoms with Gasteiger partial charge in [0.05, 0.1) is 0 Å². The fourth-order valence-corrected chi connectivity index (χ4v) is 0.953. The van der Waals surface area contributed by atoms with E-state index in [-0.39, 0.29) is 12.0 Å².